The molecule has 0 saturated heterocycles. The fourth-order valence-electron chi connectivity index (χ4n) is 3.27. The average Bonchev–Trinajstić information content (AvgIpc) is 2.53. The van der Waals surface area contributed by atoms with Crippen LogP contribution < -0.4 is 0 Å². The minimum absolute atomic E-state index is 0.140. The van der Waals surface area contributed by atoms with Crippen LogP contribution in [0.15, 0.2) is 79.1 Å². The van der Waals surface area contributed by atoms with E-state index in [4.69, 9.17) is 0 Å². The van der Waals surface area contributed by atoms with Gasteiger partial charge in [0.25, 0.3) is 0 Å². The lowest BCUT2D eigenvalue weighted by molar-refractivity contribution is 0.634. The molecule has 0 aromatic heterocycles. The van der Waals surface area contributed by atoms with Gasteiger partial charge in [0.15, 0.2) is 9.79 Å². The van der Waals surface area contributed by atoms with Crippen molar-refractivity contribution in [3.05, 3.63) is 59.5 Å². The molecule has 112 valence electrons. The van der Waals surface area contributed by atoms with Gasteiger partial charge in [-0.05, 0) is 49.6 Å². The molecule has 1 aliphatic heterocycles. The number of hydrogen-bond donors (Lipinski definition) is 0. The summed E-state index contributed by atoms with van der Waals surface area (Å²) >= 11 is 1.94. The first-order valence-electron chi connectivity index (χ1n) is 8.23. The van der Waals surface area contributed by atoms with Crippen LogP contribution in [0.4, 0.5) is 0 Å². The van der Waals surface area contributed by atoms with Crippen molar-refractivity contribution in [2.75, 3.05) is 0 Å². The van der Waals surface area contributed by atoms with Crippen LogP contribution in [0, 0.1) is 0 Å². The number of fused-ring (bicyclic) bond motifs is 2. The molecule has 0 amide bonds. The quantitative estimate of drug-likeness (QED) is 0.545. The molecule has 2 aliphatic rings. The van der Waals surface area contributed by atoms with Crippen LogP contribution in [0.1, 0.15) is 38.5 Å². The smallest absolute Gasteiger partial charge is 0.0795 e. The largest absolute Gasteiger partial charge is 0.180 e. The molecule has 22 heavy (non-hydrogen) atoms. The zero-order valence-corrected chi connectivity index (χ0v) is 14.4. The summed E-state index contributed by atoms with van der Waals surface area (Å²) in [4.78, 5) is 7.66. The molecule has 1 heterocycles. The molecule has 0 bridgehead atoms. The van der Waals surface area contributed by atoms with E-state index in [1.54, 1.807) is 4.91 Å². The van der Waals surface area contributed by atoms with Gasteiger partial charge in [-0.2, -0.15) is 0 Å². The van der Waals surface area contributed by atoms with Crippen molar-refractivity contribution >= 4 is 22.7 Å². The maximum absolute atomic E-state index is 2.56. The Hall–Kier alpha value is -1.12. The first kappa shape index (κ1) is 14.5. The molecule has 0 N–H and O–H groups in total. The number of rotatable bonds is 1. The Labute approximate surface area is 140 Å². The van der Waals surface area contributed by atoms with Crippen LogP contribution in [0.25, 0.3) is 0 Å². The van der Waals surface area contributed by atoms with Crippen molar-refractivity contribution in [1.29, 1.82) is 0 Å². The van der Waals surface area contributed by atoms with Gasteiger partial charge < -0.3 is 0 Å². The van der Waals surface area contributed by atoms with Gasteiger partial charge in [-0.3, -0.25) is 0 Å². The Morgan fingerprint density at radius 3 is 2.09 bits per heavy atom. The Morgan fingerprint density at radius 2 is 1.36 bits per heavy atom. The third-order valence-corrected chi connectivity index (χ3v) is 8.27. The zero-order valence-electron chi connectivity index (χ0n) is 12.8. The maximum Gasteiger partial charge on any atom is 0.180 e. The van der Waals surface area contributed by atoms with Crippen LogP contribution in [-0.2, 0) is 10.9 Å². The average molecular weight is 326 g/mol. The van der Waals surface area contributed by atoms with Crippen molar-refractivity contribution in [3.63, 3.8) is 0 Å². The fourth-order valence-corrected chi connectivity index (χ4v) is 7.29. The number of hydrogen-bond acceptors (Lipinski definition) is 1. The summed E-state index contributed by atoms with van der Waals surface area (Å²) in [6, 6.07) is 18.0. The second kappa shape index (κ2) is 6.55. The van der Waals surface area contributed by atoms with E-state index in [-0.39, 0.29) is 10.9 Å². The molecule has 2 aromatic rings. The molecule has 0 atom stereocenters. The third kappa shape index (κ3) is 2.75. The highest BCUT2D eigenvalue weighted by molar-refractivity contribution is 8.05. The summed E-state index contributed by atoms with van der Waals surface area (Å²) in [5.41, 5.74) is 0. The molecular weight excluding hydrogens is 304 g/mol. The van der Waals surface area contributed by atoms with E-state index in [1.165, 1.54) is 58.1 Å². The fraction of sp³-hybridized carbons (Fsp3) is 0.300. The van der Waals surface area contributed by atoms with E-state index in [1.807, 2.05) is 11.8 Å². The van der Waals surface area contributed by atoms with Crippen molar-refractivity contribution in [2.45, 2.75) is 58.1 Å². The standard InChI is InChI=1S/C20H21S2/c1-2-4-10-16(11-5-3-1)22-19-14-8-6-12-17(19)21-18-13-7-9-15-20(18)22/h6-10,12-15H,1-5,11H2/q+1/b16-10+. The highest BCUT2D eigenvalue weighted by Gasteiger charge is 2.38. The summed E-state index contributed by atoms with van der Waals surface area (Å²) in [5.74, 6) is 0. The van der Waals surface area contributed by atoms with Gasteiger partial charge in [0, 0.05) is 6.42 Å². The van der Waals surface area contributed by atoms with E-state index >= 15 is 0 Å². The first-order valence-corrected chi connectivity index (χ1v) is 10.3. The number of allylic oxidation sites excluding steroid dienone is 2. The molecule has 0 spiro atoms. The van der Waals surface area contributed by atoms with Crippen LogP contribution in [0.5, 0.6) is 0 Å². The van der Waals surface area contributed by atoms with Crippen LogP contribution in [0.3, 0.4) is 0 Å². The summed E-state index contributed by atoms with van der Waals surface area (Å²) in [7, 11) is 0.140. The Morgan fingerprint density at radius 1 is 0.727 bits per heavy atom. The molecule has 4 rings (SSSR count). The van der Waals surface area contributed by atoms with Crippen molar-refractivity contribution in [3.8, 4) is 0 Å². The Balaban J connectivity index is 1.83. The summed E-state index contributed by atoms with van der Waals surface area (Å²) in [6.45, 7) is 0. The molecule has 0 saturated carbocycles. The maximum atomic E-state index is 2.56. The van der Waals surface area contributed by atoms with Crippen LogP contribution in [-0.4, -0.2) is 0 Å². The van der Waals surface area contributed by atoms with Gasteiger partial charge in [0.2, 0.25) is 0 Å². The molecule has 2 heteroatoms. The molecule has 0 nitrogen and oxygen atoms in total. The van der Waals surface area contributed by atoms with Gasteiger partial charge in [-0.1, -0.05) is 48.9 Å². The molecule has 0 fully saturated rings. The highest BCUT2D eigenvalue weighted by Crippen LogP contribution is 2.48. The Bertz CT molecular complexity index is 657. The minimum Gasteiger partial charge on any atom is -0.0795 e. The summed E-state index contributed by atoms with van der Waals surface area (Å²) < 4.78 is 0. The second-order valence-electron chi connectivity index (χ2n) is 5.93. The van der Waals surface area contributed by atoms with Gasteiger partial charge in [-0.25, -0.2) is 0 Å². The monoisotopic (exact) mass is 325 g/mol. The lowest BCUT2D eigenvalue weighted by Crippen LogP contribution is -2.13. The summed E-state index contributed by atoms with van der Waals surface area (Å²) in [6.07, 6.45) is 10.6. The highest BCUT2D eigenvalue weighted by atomic mass is 32.2. The van der Waals surface area contributed by atoms with Gasteiger partial charge in [-0.15, -0.1) is 0 Å². The molecule has 2 aromatic carbocycles. The topological polar surface area (TPSA) is 0 Å². The van der Waals surface area contributed by atoms with Crippen LogP contribution >= 0.6 is 11.8 Å². The lowest BCUT2D eigenvalue weighted by atomic mass is 10.1. The summed E-state index contributed by atoms with van der Waals surface area (Å²) in [5, 5.41) is 0. The molecule has 0 unspecified atom stereocenters. The number of benzene rings is 2. The lowest BCUT2D eigenvalue weighted by Gasteiger charge is -2.21. The second-order valence-corrected chi connectivity index (χ2v) is 9.03. The zero-order chi connectivity index (χ0) is 14.8. The van der Waals surface area contributed by atoms with Gasteiger partial charge >= 0.3 is 0 Å². The van der Waals surface area contributed by atoms with Crippen molar-refractivity contribution in [1.82, 2.24) is 0 Å². The van der Waals surface area contributed by atoms with Crippen molar-refractivity contribution in [2.24, 2.45) is 0 Å². The van der Waals surface area contributed by atoms with Crippen LogP contribution in [0.2, 0.25) is 0 Å². The van der Waals surface area contributed by atoms with Gasteiger partial charge in [0.1, 0.15) is 4.91 Å². The van der Waals surface area contributed by atoms with E-state index in [9.17, 15) is 0 Å². The predicted octanol–water partition coefficient (Wildman–Crippen LogP) is 6.43. The first-order chi connectivity index (χ1) is 10.9. The predicted molar refractivity (Wildman–Crippen MR) is 96.7 cm³/mol. The Kier molecular flexibility index (Phi) is 4.31. The normalized spacial score (nSPS) is 21.0. The van der Waals surface area contributed by atoms with E-state index in [2.05, 4.69) is 54.6 Å². The third-order valence-electron chi connectivity index (χ3n) is 4.37. The molecule has 1 aliphatic carbocycles. The molecule has 0 radical (unpaired) electrons. The van der Waals surface area contributed by atoms with Crippen molar-refractivity contribution < 1.29 is 0 Å². The van der Waals surface area contributed by atoms with E-state index in [0.29, 0.717) is 0 Å². The SMILES string of the molecule is C1=C(/[S+]2c3ccccc3Sc3ccccc32)CCCCCC/1. The molecular formula is C20H21S2+. The minimum atomic E-state index is 0.140. The van der Waals surface area contributed by atoms with E-state index < -0.39 is 0 Å². The van der Waals surface area contributed by atoms with Gasteiger partial charge in [0.05, 0.1) is 20.7 Å². The van der Waals surface area contributed by atoms with E-state index in [0.717, 1.165) is 0 Å².